The molecule has 7 nitrogen and oxygen atoms in total. The Labute approximate surface area is 160 Å². The van der Waals surface area contributed by atoms with E-state index in [0.29, 0.717) is 17.2 Å². The minimum absolute atomic E-state index is 0.0164. The molecule has 0 aromatic heterocycles. The maximum absolute atomic E-state index is 12.7. The first kappa shape index (κ1) is 20.7. The molecule has 0 aliphatic heterocycles. The SMILES string of the molecule is CCc1ccc(NC(=O)CN(C)S(=O)(=O)c2ccc(OC)c(OC)c2)cc1. The maximum atomic E-state index is 12.7. The predicted molar refractivity (Wildman–Crippen MR) is 104 cm³/mol. The minimum Gasteiger partial charge on any atom is -0.493 e. The van der Waals surface area contributed by atoms with Crippen LogP contribution < -0.4 is 14.8 Å². The lowest BCUT2D eigenvalue weighted by molar-refractivity contribution is -0.116. The number of likely N-dealkylation sites (N-methyl/N-ethyl adjacent to an activating group) is 1. The summed E-state index contributed by atoms with van der Waals surface area (Å²) in [5.41, 5.74) is 1.77. The Kier molecular flexibility index (Phi) is 6.81. The summed E-state index contributed by atoms with van der Waals surface area (Å²) in [6.45, 7) is 1.73. The van der Waals surface area contributed by atoms with Gasteiger partial charge in [-0.1, -0.05) is 19.1 Å². The maximum Gasteiger partial charge on any atom is 0.243 e. The predicted octanol–water partition coefficient (Wildman–Crippen LogP) is 2.53. The van der Waals surface area contributed by atoms with Gasteiger partial charge in [-0.3, -0.25) is 4.79 Å². The number of ether oxygens (including phenoxy) is 2. The molecular formula is C19H24N2O5S. The zero-order valence-electron chi connectivity index (χ0n) is 15.9. The van der Waals surface area contributed by atoms with Crippen LogP contribution in [0.5, 0.6) is 11.5 Å². The smallest absolute Gasteiger partial charge is 0.243 e. The molecule has 0 unspecified atom stereocenters. The number of sulfonamides is 1. The van der Waals surface area contributed by atoms with E-state index in [1.807, 2.05) is 19.1 Å². The number of amides is 1. The number of benzene rings is 2. The molecule has 0 aliphatic carbocycles. The van der Waals surface area contributed by atoms with Gasteiger partial charge >= 0.3 is 0 Å². The van der Waals surface area contributed by atoms with Crippen LogP contribution in [0.1, 0.15) is 12.5 Å². The standard InChI is InChI=1S/C19H24N2O5S/c1-5-14-6-8-15(9-7-14)20-19(22)13-21(2)27(23,24)16-10-11-17(25-3)18(12-16)26-4/h6-12H,5,13H2,1-4H3,(H,20,22). The summed E-state index contributed by atoms with van der Waals surface area (Å²) in [6, 6.07) is 11.7. The van der Waals surface area contributed by atoms with Gasteiger partial charge in [0.1, 0.15) is 0 Å². The Morgan fingerprint density at radius 3 is 2.22 bits per heavy atom. The number of rotatable bonds is 8. The largest absolute Gasteiger partial charge is 0.493 e. The number of carbonyl (C=O) groups excluding carboxylic acids is 1. The molecule has 0 atom stereocenters. The van der Waals surface area contributed by atoms with Crippen LogP contribution in [-0.4, -0.2) is 46.4 Å². The van der Waals surface area contributed by atoms with Crippen LogP contribution in [0.15, 0.2) is 47.4 Å². The first-order valence-electron chi connectivity index (χ1n) is 8.39. The van der Waals surface area contributed by atoms with E-state index in [2.05, 4.69) is 5.32 Å². The summed E-state index contributed by atoms with van der Waals surface area (Å²) in [5.74, 6) is 0.297. The van der Waals surface area contributed by atoms with Crippen LogP contribution in [-0.2, 0) is 21.2 Å². The molecule has 1 amide bonds. The zero-order valence-corrected chi connectivity index (χ0v) is 16.7. The van der Waals surface area contributed by atoms with Crippen molar-refractivity contribution in [3.05, 3.63) is 48.0 Å². The molecule has 0 fully saturated rings. The highest BCUT2D eigenvalue weighted by atomic mass is 32.2. The highest BCUT2D eigenvalue weighted by Gasteiger charge is 2.24. The van der Waals surface area contributed by atoms with Crippen LogP contribution in [0.2, 0.25) is 0 Å². The molecule has 1 N–H and O–H groups in total. The molecule has 2 aromatic rings. The van der Waals surface area contributed by atoms with Crippen molar-refractivity contribution in [3.63, 3.8) is 0 Å². The number of methoxy groups -OCH3 is 2. The van der Waals surface area contributed by atoms with Crippen molar-refractivity contribution in [2.45, 2.75) is 18.2 Å². The highest BCUT2D eigenvalue weighted by molar-refractivity contribution is 7.89. The van der Waals surface area contributed by atoms with Crippen LogP contribution in [0.4, 0.5) is 5.69 Å². The summed E-state index contributed by atoms with van der Waals surface area (Å²) in [7, 11) is 0.389. The number of carbonyl (C=O) groups is 1. The van der Waals surface area contributed by atoms with Crippen LogP contribution in [0, 0.1) is 0 Å². The third-order valence-corrected chi connectivity index (χ3v) is 5.87. The van der Waals surface area contributed by atoms with Crippen molar-refractivity contribution in [1.82, 2.24) is 4.31 Å². The van der Waals surface area contributed by atoms with Gasteiger partial charge in [0.2, 0.25) is 15.9 Å². The van der Waals surface area contributed by atoms with E-state index in [1.165, 1.54) is 39.5 Å². The summed E-state index contributed by atoms with van der Waals surface area (Å²) < 4.78 is 36.7. The second-order valence-corrected chi connectivity index (χ2v) is 7.92. The molecule has 2 aromatic carbocycles. The van der Waals surface area contributed by atoms with Crippen molar-refractivity contribution in [3.8, 4) is 11.5 Å². The fraction of sp³-hybridized carbons (Fsp3) is 0.316. The quantitative estimate of drug-likeness (QED) is 0.746. The third kappa shape index (κ3) is 4.99. The average molecular weight is 392 g/mol. The van der Waals surface area contributed by atoms with E-state index in [9.17, 15) is 13.2 Å². The highest BCUT2D eigenvalue weighted by Crippen LogP contribution is 2.30. The Morgan fingerprint density at radius 2 is 1.67 bits per heavy atom. The number of aryl methyl sites for hydroxylation is 1. The van der Waals surface area contributed by atoms with Crippen LogP contribution in [0.25, 0.3) is 0 Å². The van der Waals surface area contributed by atoms with E-state index in [0.717, 1.165) is 16.3 Å². The second-order valence-electron chi connectivity index (χ2n) is 5.88. The number of anilines is 1. The summed E-state index contributed by atoms with van der Waals surface area (Å²) in [6.07, 6.45) is 0.903. The number of hydrogen-bond donors (Lipinski definition) is 1. The molecule has 0 heterocycles. The third-order valence-electron chi connectivity index (χ3n) is 4.08. The molecule has 0 aliphatic rings. The van der Waals surface area contributed by atoms with Gasteiger partial charge in [0.25, 0.3) is 0 Å². The topological polar surface area (TPSA) is 84.9 Å². The molecule has 0 saturated carbocycles. The molecular weight excluding hydrogens is 368 g/mol. The van der Waals surface area contributed by atoms with Gasteiger partial charge in [-0.05, 0) is 36.2 Å². The Morgan fingerprint density at radius 1 is 1.04 bits per heavy atom. The number of nitrogens with zero attached hydrogens (tertiary/aromatic N) is 1. The molecule has 8 heteroatoms. The minimum atomic E-state index is -3.86. The van der Waals surface area contributed by atoms with Crippen molar-refractivity contribution < 1.29 is 22.7 Å². The Bertz CT molecular complexity index is 895. The molecule has 146 valence electrons. The molecule has 0 bridgehead atoms. The Hall–Kier alpha value is -2.58. The van der Waals surface area contributed by atoms with Gasteiger partial charge < -0.3 is 14.8 Å². The molecule has 27 heavy (non-hydrogen) atoms. The van der Waals surface area contributed by atoms with Gasteiger partial charge in [0.15, 0.2) is 11.5 Å². The van der Waals surface area contributed by atoms with E-state index in [1.54, 1.807) is 12.1 Å². The summed E-state index contributed by atoms with van der Waals surface area (Å²) in [5, 5.41) is 2.70. The second kappa shape index (κ2) is 8.88. The monoisotopic (exact) mass is 392 g/mol. The van der Waals surface area contributed by atoms with E-state index >= 15 is 0 Å². The molecule has 0 radical (unpaired) electrons. The van der Waals surface area contributed by atoms with E-state index in [4.69, 9.17) is 9.47 Å². The van der Waals surface area contributed by atoms with Crippen LogP contribution >= 0.6 is 0 Å². The van der Waals surface area contributed by atoms with Gasteiger partial charge in [-0.25, -0.2) is 8.42 Å². The molecule has 2 rings (SSSR count). The van der Waals surface area contributed by atoms with E-state index < -0.39 is 15.9 Å². The lowest BCUT2D eigenvalue weighted by Gasteiger charge is -2.18. The van der Waals surface area contributed by atoms with Crippen molar-refractivity contribution in [2.75, 3.05) is 33.1 Å². The van der Waals surface area contributed by atoms with Gasteiger partial charge in [-0.15, -0.1) is 0 Å². The fourth-order valence-electron chi connectivity index (χ4n) is 2.47. The van der Waals surface area contributed by atoms with E-state index in [-0.39, 0.29) is 11.4 Å². The van der Waals surface area contributed by atoms with Gasteiger partial charge in [-0.2, -0.15) is 4.31 Å². The zero-order chi connectivity index (χ0) is 20.0. The Balaban J connectivity index is 2.10. The summed E-state index contributed by atoms with van der Waals surface area (Å²) >= 11 is 0. The number of hydrogen-bond acceptors (Lipinski definition) is 5. The van der Waals surface area contributed by atoms with Gasteiger partial charge in [0, 0.05) is 18.8 Å². The van der Waals surface area contributed by atoms with Gasteiger partial charge in [0.05, 0.1) is 25.7 Å². The lowest BCUT2D eigenvalue weighted by atomic mass is 10.1. The van der Waals surface area contributed by atoms with Crippen molar-refractivity contribution in [1.29, 1.82) is 0 Å². The normalized spacial score (nSPS) is 11.3. The van der Waals surface area contributed by atoms with Crippen LogP contribution in [0.3, 0.4) is 0 Å². The molecule has 0 saturated heterocycles. The average Bonchev–Trinajstić information content (AvgIpc) is 2.67. The number of nitrogens with one attached hydrogen (secondary N) is 1. The summed E-state index contributed by atoms with van der Waals surface area (Å²) in [4.78, 5) is 12.2. The fourth-order valence-corrected chi connectivity index (χ4v) is 3.61. The lowest BCUT2D eigenvalue weighted by Crippen LogP contribution is -2.35. The van der Waals surface area contributed by atoms with Crippen molar-refractivity contribution >= 4 is 21.6 Å². The first-order chi connectivity index (χ1) is 12.8. The van der Waals surface area contributed by atoms with Crippen molar-refractivity contribution in [2.24, 2.45) is 0 Å². The first-order valence-corrected chi connectivity index (χ1v) is 9.83. The molecule has 0 spiro atoms.